The van der Waals surface area contributed by atoms with E-state index in [4.69, 9.17) is 4.74 Å². The van der Waals surface area contributed by atoms with Crippen molar-refractivity contribution in [2.75, 3.05) is 6.61 Å². The minimum atomic E-state index is 0.797. The van der Waals surface area contributed by atoms with Gasteiger partial charge in [0, 0.05) is 13.3 Å². The molecule has 0 bridgehead atoms. The minimum Gasteiger partial charge on any atom is -0.494 e. The summed E-state index contributed by atoms with van der Waals surface area (Å²) in [6.07, 6.45) is 11.9. The molecule has 0 saturated heterocycles. The van der Waals surface area contributed by atoms with Crippen LogP contribution in [0.4, 0.5) is 5.69 Å². The topological polar surface area (TPSA) is 39.4 Å². The van der Waals surface area contributed by atoms with Gasteiger partial charge >= 0.3 is 0 Å². The lowest BCUT2D eigenvalue weighted by Crippen LogP contribution is -2.00. The maximum atomic E-state index is 5.91. The molecule has 0 atom stereocenters. The van der Waals surface area contributed by atoms with Crippen molar-refractivity contribution in [3.63, 3.8) is 0 Å². The number of aryl methyl sites for hydroxylation is 3. The van der Waals surface area contributed by atoms with Gasteiger partial charge in [0.1, 0.15) is 11.4 Å². The van der Waals surface area contributed by atoms with Crippen LogP contribution in [-0.2, 0) is 7.05 Å². The Labute approximate surface area is 145 Å². The second kappa shape index (κ2) is 9.26. The number of unbranched alkanes of at least 4 members (excludes halogenated alkanes) is 4. The number of aliphatic imine (C=N–C) groups is 1. The molecule has 1 heterocycles. The van der Waals surface area contributed by atoms with E-state index in [9.17, 15) is 0 Å². The molecule has 1 aromatic heterocycles. The molecule has 0 radical (unpaired) electrons. The largest absolute Gasteiger partial charge is 0.494 e. The fraction of sp³-hybridized carbons (Fsp3) is 0.500. The number of aromatic nitrogens is 2. The van der Waals surface area contributed by atoms with Crippen LogP contribution in [0.15, 0.2) is 29.5 Å². The fourth-order valence-electron chi connectivity index (χ4n) is 2.73. The van der Waals surface area contributed by atoms with Gasteiger partial charge in [0.05, 0.1) is 19.0 Å². The monoisotopic (exact) mass is 327 g/mol. The number of nitrogens with zero attached hydrogens (tertiary/aromatic N) is 3. The Balaban J connectivity index is 1.94. The van der Waals surface area contributed by atoms with Gasteiger partial charge in [-0.15, -0.1) is 0 Å². The van der Waals surface area contributed by atoms with E-state index in [1.807, 2.05) is 19.5 Å². The first-order chi connectivity index (χ1) is 11.6. The Kier molecular flexibility index (Phi) is 7.04. The van der Waals surface area contributed by atoms with Crippen molar-refractivity contribution in [3.05, 3.63) is 41.2 Å². The number of ether oxygens (including phenoxy) is 1. The molecule has 4 heteroatoms. The normalized spacial score (nSPS) is 11.3. The Morgan fingerprint density at radius 2 is 1.83 bits per heavy atom. The first kappa shape index (κ1) is 18.2. The highest BCUT2D eigenvalue weighted by atomic mass is 16.5. The minimum absolute atomic E-state index is 0.797. The van der Waals surface area contributed by atoms with E-state index in [0.717, 1.165) is 30.0 Å². The summed E-state index contributed by atoms with van der Waals surface area (Å²) in [4.78, 5) is 4.50. The lowest BCUT2D eigenvalue weighted by molar-refractivity contribution is 0.304. The molecule has 0 unspecified atom stereocenters. The molecule has 1 aromatic carbocycles. The molecule has 0 fully saturated rings. The van der Waals surface area contributed by atoms with Gasteiger partial charge in [-0.3, -0.25) is 9.67 Å². The maximum Gasteiger partial charge on any atom is 0.119 e. The fourth-order valence-corrected chi connectivity index (χ4v) is 2.73. The highest BCUT2D eigenvalue weighted by molar-refractivity contribution is 5.85. The third-order valence-corrected chi connectivity index (χ3v) is 4.12. The summed E-state index contributed by atoms with van der Waals surface area (Å²) in [6.45, 7) is 7.24. The molecule has 0 N–H and O–H groups in total. The van der Waals surface area contributed by atoms with Crippen LogP contribution in [0.5, 0.6) is 5.75 Å². The zero-order valence-corrected chi connectivity index (χ0v) is 15.4. The predicted octanol–water partition coefficient (Wildman–Crippen LogP) is 5.14. The summed E-state index contributed by atoms with van der Waals surface area (Å²) >= 11 is 0. The average molecular weight is 327 g/mol. The molecule has 130 valence electrons. The molecule has 4 nitrogen and oxygen atoms in total. The molecular formula is C20H29N3O. The van der Waals surface area contributed by atoms with Crippen LogP contribution in [0.1, 0.15) is 55.7 Å². The smallest absolute Gasteiger partial charge is 0.119 e. The molecule has 2 rings (SSSR count). The second-order valence-corrected chi connectivity index (χ2v) is 6.36. The van der Waals surface area contributed by atoms with Crippen LogP contribution < -0.4 is 4.74 Å². The SMILES string of the molecule is CCCCCCCOc1cc(C)c(C=Nc2cnn(C)c2)c(C)c1. The molecule has 0 aliphatic rings. The molecule has 0 amide bonds. The summed E-state index contributed by atoms with van der Waals surface area (Å²) in [6, 6.07) is 4.20. The zero-order valence-electron chi connectivity index (χ0n) is 15.4. The average Bonchev–Trinajstić information content (AvgIpc) is 2.95. The van der Waals surface area contributed by atoms with Crippen molar-refractivity contribution >= 4 is 11.9 Å². The summed E-state index contributed by atoms with van der Waals surface area (Å²) < 4.78 is 7.66. The molecule has 24 heavy (non-hydrogen) atoms. The van der Waals surface area contributed by atoms with E-state index in [1.165, 1.54) is 36.8 Å². The maximum absolute atomic E-state index is 5.91. The van der Waals surface area contributed by atoms with Gasteiger partial charge in [-0.1, -0.05) is 32.6 Å². The number of hydrogen-bond acceptors (Lipinski definition) is 3. The van der Waals surface area contributed by atoms with E-state index in [0.29, 0.717) is 0 Å². The Hall–Kier alpha value is -2.10. The molecule has 0 saturated carbocycles. The van der Waals surface area contributed by atoms with Crippen LogP contribution in [0.25, 0.3) is 0 Å². The summed E-state index contributed by atoms with van der Waals surface area (Å²) in [5.41, 5.74) is 4.38. The molecule has 0 aliphatic carbocycles. The third-order valence-electron chi connectivity index (χ3n) is 4.12. The first-order valence-corrected chi connectivity index (χ1v) is 8.87. The highest BCUT2D eigenvalue weighted by Gasteiger charge is 2.05. The summed E-state index contributed by atoms with van der Waals surface area (Å²) in [7, 11) is 1.89. The van der Waals surface area contributed by atoms with Crippen molar-refractivity contribution in [3.8, 4) is 5.75 Å². The van der Waals surface area contributed by atoms with Crippen LogP contribution in [0.2, 0.25) is 0 Å². The molecule has 0 spiro atoms. The molecular weight excluding hydrogens is 298 g/mol. The standard InChI is InChI=1S/C20H29N3O/c1-5-6-7-8-9-10-24-19-11-16(2)20(17(3)12-19)14-21-18-13-22-23(4)15-18/h11-15H,5-10H2,1-4H3. The lowest BCUT2D eigenvalue weighted by Gasteiger charge is -2.11. The lowest BCUT2D eigenvalue weighted by atomic mass is 10.0. The van der Waals surface area contributed by atoms with Crippen molar-refractivity contribution in [1.29, 1.82) is 0 Å². The van der Waals surface area contributed by atoms with Crippen molar-refractivity contribution in [2.45, 2.75) is 52.9 Å². The van der Waals surface area contributed by atoms with Crippen LogP contribution in [-0.4, -0.2) is 22.6 Å². The van der Waals surface area contributed by atoms with Gasteiger partial charge < -0.3 is 4.74 Å². The third kappa shape index (κ3) is 5.52. The van der Waals surface area contributed by atoms with Crippen molar-refractivity contribution in [1.82, 2.24) is 9.78 Å². The van der Waals surface area contributed by atoms with Crippen LogP contribution in [0.3, 0.4) is 0 Å². The number of rotatable bonds is 9. The van der Waals surface area contributed by atoms with Gasteiger partial charge in [-0.2, -0.15) is 5.10 Å². The Morgan fingerprint density at radius 1 is 1.12 bits per heavy atom. The Bertz CT molecular complexity index is 650. The zero-order chi connectivity index (χ0) is 17.4. The molecule has 0 aliphatic heterocycles. The van der Waals surface area contributed by atoms with Crippen LogP contribution >= 0.6 is 0 Å². The first-order valence-electron chi connectivity index (χ1n) is 8.87. The van der Waals surface area contributed by atoms with Gasteiger partial charge in [0.15, 0.2) is 0 Å². The number of hydrogen-bond donors (Lipinski definition) is 0. The second-order valence-electron chi connectivity index (χ2n) is 6.36. The Morgan fingerprint density at radius 3 is 2.46 bits per heavy atom. The van der Waals surface area contributed by atoms with Gasteiger partial charge in [-0.05, 0) is 49.1 Å². The van der Waals surface area contributed by atoms with E-state index in [2.05, 4.69) is 43.0 Å². The van der Waals surface area contributed by atoms with E-state index in [-0.39, 0.29) is 0 Å². The predicted molar refractivity (Wildman–Crippen MR) is 101 cm³/mol. The van der Waals surface area contributed by atoms with Gasteiger partial charge in [-0.25, -0.2) is 0 Å². The van der Waals surface area contributed by atoms with E-state index >= 15 is 0 Å². The van der Waals surface area contributed by atoms with Crippen LogP contribution in [0, 0.1) is 13.8 Å². The van der Waals surface area contributed by atoms with Gasteiger partial charge in [0.25, 0.3) is 0 Å². The van der Waals surface area contributed by atoms with Gasteiger partial charge in [0.2, 0.25) is 0 Å². The van der Waals surface area contributed by atoms with E-state index < -0.39 is 0 Å². The summed E-state index contributed by atoms with van der Waals surface area (Å²) in [5, 5.41) is 4.13. The van der Waals surface area contributed by atoms with Crippen molar-refractivity contribution in [2.24, 2.45) is 12.0 Å². The van der Waals surface area contributed by atoms with E-state index in [1.54, 1.807) is 10.9 Å². The summed E-state index contributed by atoms with van der Waals surface area (Å²) in [5.74, 6) is 0.957. The number of benzene rings is 1. The quantitative estimate of drug-likeness (QED) is 0.473. The van der Waals surface area contributed by atoms with Crippen molar-refractivity contribution < 1.29 is 4.74 Å². The highest BCUT2D eigenvalue weighted by Crippen LogP contribution is 2.22. The molecule has 2 aromatic rings.